The largest absolute Gasteiger partial charge is 0.382 e. The molecule has 0 amide bonds. The molecule has 0 heterocycles. The van der Waals surface area contributed by atoms with Crippen LogP contribution >= 0.6 is 7.60 Å². The van der Waals surface area contributed by atoms with Crippen molar-refractivity contribution >= 4 is 7.60 Å². The fourth-order valence-corrected chi connectivity index (χ4v) is 3.12. The second kappa shape index (κ2) is 10.3. The normalized spacial score (nSPS) is 11.9. The lowest BCUT2D eigenvalue weighted by Crippen LogP contribution is -2.01. The van der Waals surface area contributed by atoms with Crippen LogP contribution in [0.3, 0.4) is 0 Å². The van der Waals surface area contributed by atoms with Crippen molar-refractivity contribution in [3.8, 4) is 0 Å². The van der Waals surface area contributed by atoms with E-state index in [4.69, 9.17) is 13.8 Å². The first-order chi connectivity index (χ1) is 7.68. The maximum Gasteiger partial charge on any atom is 0.330 e. The summed E-state index contributed by atoms with van der Waals surface area (Å²) in [6.45, 7) is 8.08. The molecule has 0 bridgehead atoms. The highest BCUT2D eigenvalue weighted by atomic mass is 31.2. The molecular formula is C11H25O4P. The molecule has 0 saturated carbocycles. The first kappa shape index (κ1) is 16.1. The molecule has 16 heavy (non-hydrogen) atoms. The first-order valence-electron chi connectivity index (χ1n) is 6.14. The molecule has 4 nitrogen and oxygen atoms in total. The Morgan fingerprint density at radius 3 is 2.00 bits per heavy atom. The van der Waals surface area contributed by atoms with Crippen LogP contribution in [0.25, 0.3) is 0 Å². The Morgan fingerprint density at radius 2 is 1.50 bits per heavy atom. The molecule has 0 atom stereocenters. The molecule has 0 rings (SSSR count). The van der Waals surface area contributed by atoms with E-state index in [0.717, 1.165) is 32.5 Å². The Balaban J connectivity index is 3.64. The van der Waals surface area contributed by atoms with Gasteiger partial charge in [-0.2, -0.15) is 0 Å². The van der Waals surface area contributed by atoms with Gasteiger partial charge in [0.25, 0.3) is 0 Å². The lowest BCUT2D eigenvalue weighted by Gasteiger charge is -2.16. The van der Waals surface area contributed by atoms with E-state index >= 15 is 0 Å². The third-order valence-electron chi connectivity index (χ3n) is 2.08. The van der Waals surface area contributed by atoms with Crippen molar-refractivity contribution in [2.75, 3.05) is 32.6 Å². The maximum absolute atomic E-state index is 12.0. The van der Waals surface area contributed by atoms with Crippen molar-refractivity contribution < 1.29 is 18.3 Å². The van der Waals surface area contributed by atoms with E-state index in [1.165, 1.54) is 0 Å². The summed E-state index contributed by atoms with van der Waals surface area (Å²) in [4.78, 5) is 0. The van der Waals surface area contributed by atoms with Crippen molar-refractivity contribution in [3.05, 3.63) is 0 Å². The van der Waals surface area contributed by atoms with Crippen LogP contribution in [-0.2, 0) is 18.3 Å². The van der Waals surface area contributed by atoms with Gasteiger partial charge in [0.1, 0.15) is 0 Å². The number of hydrogen-bond acceptors (Lipinski definition) is 4. The molecular weight excluding hydrogens is 227 g/mol. The number of unbranched alkanes of at least 4 members (excludes halogenated alkanes) is 2. The molecule has 5 heteroatoms. The molecule has 0 aliphatic carbocycles. The van der Waals surface area contributed by atoms with E-state index in [1.54, 1.807) is 0 Å². The molecule has 0 aliphatic rings. The van der Waals surface area contributed by atoms with Gasteiger partial charge in [0, 0.05) is 13.2 Å². The van der Waals surface area contributed by atoms with Crippen LogP contribution in [0.2, 0.25) is 0 Å². The Hall–Kier alpha value is 0.110. The minimum Gasteiger partial charge on any atom is -0.382 e. The van der Waals surface area contributed by atoms with E-state index in [-0.39, 0.29) is 0 Å². The maximum atomic E-state index is 12.0. The summed E-state index contributed by atoms with van der Waals surface area (Å²) in [5, 5.41) is 0. The summed E-state index contributed by atoms with van der Waals surface area (Å²) >= 11 is 0. The number of rotatable bonds is 11. The zero-order chi connectivity index (χ0) is 12.3. The molecule has 0 aliphatic heterocycles. The minimum atomic E-state index is -2.82. The third kappa shape index (κ3) is 8.28. The highest BCUT2D eigenvalue weighted by Gasteiger charge is 2.22. The molecule has 0 aromatic carbocycles. The monoisotopic (exact) mass is 252 g/mol. The van der Waals surface area contributed by atoms with Gasteiger partial charge in [-0.15, -0.1) is 0 Å². The quantitative estimate of drug-likeness (QED) is 0.417. The van der Waals surface area contributed by atoms with Crippen molar-refractivity contribution in [2.24, 2.45) is 0 Å². The number of ether oxygens (including phenoxy) is 1. The lowest BCUT2D eigenvalue weighted by atomic mass is 10.3. The molecule has 0 aromatic rings. The molecule has 0 N–H and O–H groups in total. The number of hydrogen-bond donors (Lipinski definition) is 0. The molecule has 0 unspecified atom stereocenters. The molecule has 0 spiro atoms. The molecule has 0 fully saturated rings. The molecule has 0 saturated heterocycles. The molecule has 0 radical (unpaired) electrons. The Kier molecular flexibility index (Phi) is 10.3. The summed E-state index contributed by atoms with van der Waals surface area (Å²) in [6.07, 6.45) is 3.39. The average Bonchev–Trinajstić information content (AvgIpc) is 2.24. The highest BCUT2D eigenvalue weighted by Crippen LogP contribution is 2.48. The predicted molar refractivity (Wildman–Crippen MR) is 66.1 cm³/mol. The lowest BCUT2D eigenvalue weighted by molar-refractivity contribution is 0.143. The van der Waals surface area contributed by atoms with Gasteiger partial charge in [-0.3, -0.25) is 4.57 Å². The van der Waals surface area contributed by atoms with Crippen molar-refractivity contribution in [1.29, 1.82) is 0 Å². The van der Waals surface area contributed by atoms with Gasteiger partial charge in [0.15, 0.2) is 0 Å². The van der Waals surface area contributed by atoms with Gasteiger partial charge < -0.3 is 13.8 Å². The fourth-order valence-electron chi connectivity index (χ4n) is 1.39. The van der Waals surface area contributed by atoms with Gasteiger partial charge in [0.05, 0.1) is 19.4 Å². The van der Waals surface area contributed by atoms with Crippen LogP contribution < -0.4 is 0 Å². The van der Waals surface area contributed by atoms with E-state index in [2.05, 4.69) is 0 Å². The third-order valence-corrected chi connectivity index (χ3v) is 4.24. The van der Waals surface area contributed by atoms with Crippen LogP contribution in [0, 0.1) is 0 Å². The van der Waals surface area contributed by atoms with E-state index in [1.807, 2.05) is 20.8 Å². The van der Waals surface area contributed by atoms with Gasteiger partial charge >= 0.3 is 7.60 Å². The van der Waals surface area contributed by atoms with Crippen LogP contribution in [0.1, 0.15) is 40.0 Å². The van der Waals surface area contributed by atoms with Gasteiger partial charge in [-0.1, -0.05) is 6.42 Å². The van der Waals surface area contributed by atoms with Crippen LogP contribution in [0.15, 0.2) is 0 Å². The molecule has 0 aromatic heterocycles. The standard InChI is InChI=1S/C11H25O4P/c1-4-13-10-8-7-9-11-16(12,14-5-2)15-6-3/h4-11H2,1-3H3. The van der Waals surface area contributed by atoms with Gasteiger partial charge in [0.2, 0.25) is 0 Å². The second-order valence-electron chi connectivity index (χ2n) is 3.43. The Morgan fingerprint density at radius 1 is 0.875 bits per heavy atom. The summed E-state index contributed by atoms with van der Waals surface area (Å²) in [5.74, 6) is 0. The van der Waals surface area contributed by atoms with Crippen LogP contribution in [-0.4, -0.2) is 32.6 Å². The Labute approximate surface area is 99.2 Å². The van der Waals surface area contributed by atoms with Crippen LogP contribution in [0.4, 0.5) is 0 Å². The van der Waals surface area contributed by atoms with Crippen LogP contribution in [0.5, 0.6) is 0 Å². The SMILES string of the molecule is CCOCCCCCP(=O)(OCC)OCC. The van der Waals surface area contributed by atoms with E-state index < -0.39 is 7.60 Å². The summed E-state index contributed by atoms with van der Waals surface area (Å²) in [7, 11) is -2.82. The van der Waals surface area contributed by atoms with Crippen molar-refractivity contribution in [3.63, 3.8) is 0 Å². The summed E-state index contributed by atoms with van der Waals surface area (Å²) < 4.78 is 27.7. The smallest absolute Gasteiger partial charge is 0.330 e. The summed E-state index contributed by atoms with van der Waals surface area (Å²) in [6, 6.07) is 0. The van der Waals surface area contributed by atoms with Crippen molar-refractivity contribution in [1.82, 2.24) is 0 Å². The topological polar surface area (TPSA) is 44.8 Å². The average molecular weight is 252 g/mol. The van der Waals surface area contributed by atoms with E-state index in [0.29, 0.717) is 19.4 Å². The summed E-state index contributed by atoms with van der Waals surface area (Å²) in [5.41, 5.74) is 0. The van der Waals surface area contributed by atoms with Gasteiger partial charge in [-0.25, -0.2) is 0 Å². The zero-order valence-corrected chi connectivity index (χ0v) is 11.6. The first-order valence-corrected chi connectivity index (χ1v) is 7.87. The fraction of sp³-hybridized carbons (Fsp3) is 1.00. The Bertz CT molecular complexity index is 186. The predicted octanol–water partition coefficient (Wildman–Crippen LogP) is 3.46. The van der Waals surface area contributed by atoms with Gasteiger partial charge in [-0.05, 0) is 33.6 Å². The second-order valence-corrected chi connectivity index (χ2v) is 5.61. The van der Waals surface area contributed by atoms with E-state index in [9.17, 15) is 4.57 Å². The zero-order valence-electron chi connectivity index (χ0n) is 10.7. The highest BCUT2D eigenvalue weighted by molar-refractivity contribution is 7.53. The minimum absolute atomic E-state index is 0.441. The molecule has 98 valence electrons. The van der Waals surface area contributed by atoms with Crippen molar-refractivity contribution in [2.45, 2.75) is 40.0 Å².